The highest BCUT2D eigenvalue weighted by atomic mass is 35.5. The molecule has 51 heavy (non-hydrogen) atoms. The lowest BCUT2D eigenvalue weighted by atomic mass is 9.96. The first-order valence-corrected chi connectivity index (χ1v) is 18.3. The van der Waals surface area contributed by atoms with Gasteiger partial charge in [-0.15, -0.1) is 0 Å². The van der Waals surface area contributed by atoms with Crippen molar-refractivity contribution >= 4 is 29.1 Å². The first kappa shape index (κ1) is 35.1. The van der Waals surface area contributed by atoms with E-state index >= 15 is 0 Å². The predicted molar refractivity (Wildman–Crippen MR) is 197 cm³/mol. The van der Waals surface area contributed by atoms with Gasteiger partial charge in [0.15, 0.2) is 0 Å². The van der Waals surface area contributed by atoms with Gasteiger partial charge in [0.05, 0.1) is 22.2 Å². The van der Waals surface area contributed by atoms with E-state index in [-0.39, 0.29) is 24.7 Å². The fourth-order valence-corrected chi connectivity index (χ4v) is 7.80. The summed E-state index contributed by atoms with van der Waals surface area (Å²) >= 11 is 13.9. The number of aromatic nitrogens is 1. The zero-order chi connectivity index (χ0) is 35.3. The number of nitriles is 1. The summed E-state index contributed by atoms with van der Waals surface area (Å²) < 4.78 is 19.2. The van der Waals surface area contributed by atoms with Crippen LogP contribution >= 0.6 is 23.2 Å². The van der Waals surface area contributed by atoms with E-state index in [9.17, 15) is 10.1 Å². The van der Waals surface area contributed by atoms with Crippen molar-refractivity contribution in [2.75, 3.05) is 33.3 Å². The van der Waals surface area contributed by atoms with E-state index < -0.39 is 0 Å². The zero-order valence-corrected chi connectivity index (χ0v) is 30.1. The Labute approximate surface area is 308 Å². The van der Waals surface area contributed by atoms with Crippen LogP contribution in [-0.4, -0.2) is 55.1 Å². The van der Waals surface area contributed by atoms with E-state index in [2.05, 4.69) is 57.9 Å². The molecule has 0 bridgehead atoms. The number of benzene rings is 3. The van der Waals surface area contributed by atoms with Crippen molar-refractivity contribution < 1.29 is 19.0 Å². The molecule has 1 aromatic heterocycles. The lowest BCUT2D eigenvalue weighted by Crippen LogP contribution is -2.35. The van der Waals surface area contributed by atoms with Crippen molar-refractivity contribution in [3.05, 3.63) is 105 Å². The summed E-state index contributed by atoms with van der Waals surface area (Å²) in [5, 5.41) is 16.9. The van der Waals surface area contributed by atoms with Gasteiger partial charge in [-0.2, -0.15) is 5.26 Å². The summed E-state index contributed by atoms with van der Waals surface area (Å²) in [4.78, 5) is 18.2. The van der Waals surface area contributed by atoms with Crippen LogP contribution in [0.25, 0.3) is 11.1 Å². The molecule has 2 N–H and O–H groups in total. The Balaban J connectivity index is 1.10. The third kappa shape index (κ3) is 8.26. The van der Waals surface area contributed by atoms with Crippen LogP contribution in [0.1, 0.15) is 59.6 Å². The highest BCUT2D eigenvalue weighted by Crippen LogP contribution is 2.45. The molecule has 3 heterocycles. The molecule has 2 fully saturated rings. The Morgan fingerprint density at radius 2 is 1.86 bits per heavy atom. The average Bonchev–Trinajstić information content (AvgIpc) is 3.88. The maximum atomic E-state index is 11.7. The minimum atomic E-state index is -0.214. The van der Waals surface area contributed by atoms with Gasteiger partial charge in [-0.05, 0) is 74.2 Å². The molecule has 1 unspecified atom stereocenters. The number of ether oxygens (including phenoxy) is 3. The largest absolute Gasteiger partial charge is 0.492 e. The second-order valence-electron chi connectivity index (χ2n) is 13.7. The Kier molecular flexibility index (Phi) is 11.0. The summed E-state index contributed by atoms with van der Waals surface area (Å²) in [6.45, 7) is 4.12. The van der Waals surface area contributed by atoms with E-state index in [1.165, 1.54) is 11.8 Å². The number of nitrogens with zero attached hydrogens (tertiary/aromatic N) is 3. The van der Waals surface area contributed by atoms with E-state index in [1.54, 1.807) is 12.3 Å². The topological polar surface area (TPSA) is 109 Å². The lowest BCUT2D eigenvalue weighted by molar-refractivity contribution is -0.119. The van der Waals surface area contributed by atoms with Crippen LogP contribution in [-0.2, 0) is 24.4 Å². The van der Waals surface area contributed by atoms with Gasteiger partial charge in [-0.3, -0.25) is 9.78 Å². The maximum Gasteiger partial charge on any atom is 0.220 e. The number of rotatable bonds is 13. The molecule has 3 aromatic carbocycles. The Morgan fingerprint density at radius 3 is 2.67 bits per heavy atom. The molecule has 264 valence electrons. The Hall–Kier alpha value is -4.33. The maximum absolute atomic E-state index is 11.7. The number of hydrogen-bond acceptors (Lipinski definition) is 8. The van der Waals surface area contributed by atoms with Gasteiger partial charge in [0.1, 0.15) is 36.0 Å². The molecule has 3 atom stereocenters. The molecule has 11 heteroatoms. The van der Waals surface area contributed by atoms with E-state index in [4.69, 9.17) is 37.4 Å². The third-order valence-corrected chi connectivity index (χ3v) is 10.6. The zero-order valence-electron chi connectivity index (χ0n) is 28.6. The van der Waals surface area contributed by atoms with E-state index in [0.29, 0.717) is 64.9 Å². The number of fused-ring (bicyclic) bond motifs is 1. The Bertz CT molecular complexity index is 1950. The highest BCUT2D eigenvalue weighted by Gasteiger charge is 2.29. The van der Waals surface area contributed by atoms with Gasteiger partial charge in [-0.25, -0.2) is 0 Å². The summed E-state index contributed by atoms with van der Waals surface area (Å²) in [7, 11) is 2.15. The minimum Gasteiger partial charge on any atom is -0.492 e. The van der Waals surface area contributed by atoms with Crippen LogP contribution in [0.4, 0.5) is 0 Å². The quantitative estimate of drug-likeness (QED) is 0.148. The predicted octanol–water partition coefficient (Wildman–Crippen LogP) is 7.27. The number of amides is 1. The van der Waals surface area contributed by atoms with Crippen LogP contribution < -0.4 is 24.8 Å². The van der Waals surface area contributed by atoms with E-state index in [1.807, 2.05) is 24.3 Å². The molecule has 2 saturated heterocycles. The molecular weight excluding hydrogens is 685 g/mol. The van der Waals surface area contributed by atoms with E-state index in [0.717, 1.165) is 66.6 Å². The molecule has 0 radical (unpaired) electrons. The summed E-state index contributed by atoms with van der Waals surface area (Å²) in [5.74, 6) is 2.43. The van der Waals surface area contributed by atoms with Crippen LogP contribution in [0.3, 0.4) is 0 Å². The second-order valence-corrected chi connectivity index (χ2v) is 14.5. The van der Waals surface area contributed by atoms with Gasteiger partial charge < -0.3 is 29.7 Å². The van der Waals surface area contributed by atoms with Crippen LogP contribution in [0.15, 0.2) is 67.0 Å². The number of hydrogen-bond donors (Lipinski definition) is 2. The number of halogens is 2. The number of pyridine rings is 1. The van der Waals surface area contributed by atoms with Crippen LogP contribution in [0.2, 0.25) is 10.0 Å². The van der Waals surface area contributed by atoms with Crippen LogP contribution in [0.5, 0.6) is 17.2 Å². The third-order valence-electron chi connectivity index (χ3n) is 9.93. The SMILES string of the molecule is CN1CCC(COc2cccc(-c3cccc4c3CC[C@@H]4Oc3cc(OCc4cncc(C#N)c4)c(CNC[C@H]4CCC(=O)N4)cc3Cl)c2Cl)C1. The highest BCUT2D eigenvalue weighted by molar-refractivity contribution is 6.35. The molecule has 0 saturated carbocycles. The fraction of sp³-hybridized carbons (Fsp3) is 0.375. The van der Waals surface area contributed by atoms with Crippen molar-refractivity contribution in [2.45, 2.75) is 57.4 Å². The van der Waals surface area contributed by atoms with Crippen molar-refractivity contribution in [2.24, 2.45) is 5.92 Å². The minimum absolute atomic E-state index is 0.0812. The number of likely N-dealkylation sites (tertiary alicyclic amines) is 1. The standard InChI is InChI=1S/C40H41Cl2N5O4/c1-47-13-12-25(22-47)23-49-36-7-3-6-33(40(36)42)30-4-2-5-32-31(30)9-10-35(32)51-38-16-37(50-24-27-14-26(17-43)18-44-19-27)28(15-34(38)41)20-45-21-29-8-11-39(48)46-29/h2-7,14-16,18-19,25,29,35,45H,8-13,20-24H2,1H3,(H,46,48)/t25?,29-,35+/m1/s1. The molecule has 7 rings (SSSR count). The van der Waals surface area contributed by atoms with Crippen LogP contribution in [0, 0.1) is 17.2 Å². The number of carbonyl (C=O) groups is 1. The smallest absolute Gasteiger partial charge is 0.220 e. The first-order valence-electron chi connectivity index (χ1n) is 17.5. The summed E-state index contributed by atoms with van der Waals surface area (Å²) in [6, 6.07) is 20.0. The molecule has 1 aliphatic carbocycles. The van der Waals surface area contributed by atoms with Crippen molar-refractivity contribution in [3.63, 3.8) is 0 Å². The van der Waals surface area contributed by atoms with Crippen molar-refractivity contribution in [1.29, 1.82) is 5.26 Å². The molecule has 4 aromatic rings. The van der Waals surface area contributed by atoms with Gasteiger partial charge in [0.2, 0.25) is 5.91 Å². The van der Waals surface area contributed by atoms with Gasteiger partial charge in [0, 0.05) is 73.2 Å². The molecule has 9 nitrogen and oxygen atoms in total. The number of nitrogens with one attached hydrogen (secondary N) is 2. The van der Waals surface area contributed by atoms with Gasteiger partial charge >= 0.3 is 0 Å². The molecule has 1 amide bonds. The normalized spacial score (nSPS) is 19.8. The molecular formula is C40H41Cl2N5O4. The lowest BCUT2D eigenvalue weighted by Gasteiger charge is -2.20. The Morgan fingerprint density at radius 1 is 1.00 bits per heavy atom. The monoisotopic (exact) mass is 725 g/mol. The molecule has 0 spiro atoms. The van der Waals surface area contributed by atoms with Gasteiger partial charge in [-0.1, -0.05) is 53.5 Å². The molecule has 3 aliphatic rings. The number of carbonyl (C=O) groups excluding carboxylic acids is 1. The average molecular weight is 727 g/mol. The van der Waals surface area contributed by atoms with Crippen molar-refractivity contribution in [3.8, 4) is 34.4 Å². The first-order chi connectivity index (χ1) is 24.8. The second kappa shape index (κ2) is 15.9. The summed E-state index contributed by atoms with van der Waals surface area (Å²) in [6.07, 6.45) is 7.09. The summed E-state index contributed by atoms with van der Waals surface area (Å²) in [5.41, 5.74) is 6.43. The molecule has 2 aliphatic heterocycles. The fourth-order valence-electron chi connectivity index (χ4n) is 7.28. The van der Waals surface area contributed by atoms with Gasteiger partial charge in [0.25, 0.3) is 0 Å². The van der Waals surface area contributed by atoms with Crippen molar-refractivity contribution in [1.82, 2.24) is 20.5 Å².